The van der Waals surface area contributed by atoms with Crippen LogP contribution in [-0.4, -0.2) is 65.4 Å². The molecule has 28 heavy (non-hydrogen) atoms. The van der Waals surface area contributed by atoms with Crippen molar-refractivity contribution < 1.29 is 9.53 Å². The van der Waals surface area contributed by atoms with E-state index in [1.54, 1.807) is 7.05 Å². The first-order chi connectivity index (χ1) is 13.1. The van der Waals surface area contributed by atoms with Crippen molar-refractivity contribution in [3.05, 3.63) is 11.6 Å². The molecule has 0 aliphatic carbocycles. The van der Waals surface area contributed by atoms with Crippen LogP contribution in [0, 0.1) is 11.8 Å². The minimum absolute atomic E-state index is 0. The van der Waals surface area contributed by atoms with Crippen LogP contribution in [-0.2, 0) is 28.9 Å². The number of halogens is 1. The summed E-state index contributed by atoms with van der Waals surface area (Å²) < 4.78 is 7.23. The SMILES string of the molecule is CN=C(NCCCc1nnc2n1CCCCC2)N1CC(C)C(C(=O)OC)C1.I. The molecule has 2 atom stereocenters. The molecule has 0 amide bonds. The molecule has 0 spiro atoms. The zero-order valence-corrected chi connectivity index (χ0v) is 19.5. The standard InChI is InChI=1S/C19H32N6O2.HI/c1-14-12-24(13-15(14)18(26)27-3)19(20-2)21-10-7-9-17-23-22-16-8-5-4-6-11-25(16)17;/h14-15H,4-13H2,1-3H3,(H,20,21);1H. The Labute approximate surface area is 184 Å². The molecule has 0 bridgehead atoms. The fourth-order valence-corrected chi connectivity index (χ4v) is 4.11. The highest BCUT2D eigenvalue weighted by Gasteiger charge is 2.36. The number of nitrogens with zero attached hydrogens (tertiary/aromatic N) is 5. The fourth-order valence-electron chi connectivity index (χ4n) is 4.11. The lowest BCUT2D eigenvalue weighted by molar-refractivity contribution is -0.145. The molecule has 3 rings (SSSR count). The molecular formula is C19H33IN6O2. The van der Waals surface area contributed by atoms with Gasteiger partial charge in [0.2, 0.25) is 0 Å². The van der Waals surface area contributed by atoms with Crippen LogP contribution in [0.3, 0.4) is 0 Å². The number of guanidine groups is 1. The maximum Gasteiger partial charge on any atom is 0.310 e. The molecule has 1 aromatic rings. The summed E-state index contributed by atoms with van der Waals surface area (Å²) in [5, 5.41) is 12.2. The highest BCUT2D eigenvalue weighted by atomic mass is 127. The Kier molecular flexibility index (Phi) is 8.97. The molecule has 2 unspecified atom stereocenters. The van der Waals surface area contributed by atoms with Gasteiger partial charge in [-0.1, -0.05) is 13.3 Å². The van der Waals surface area contributed by atoms with E-state index in [0.29, 0.717) is 6.54 Å². The monoisotopic (exact) mass is 504 g/mol. The van der Waals surface area contributed by atoms with E-state index in [4.69, 9.17) is 4.74 Å². The van der Waals surface area contributed by atoms with Crippen LogP contribution in [0.4, 0.5) is 0 Å². The predicted molar refractivity (Wildman–Crippen MR) is 119 cm³/mol. The van der Waals surface area contributed by atoms with E-state index in [1.165, 1.54) is 26.4 Å². The van der Waals surface area contributed by atoms with E-state index in [2.05, 4.69) is 36.9 Å². The highest BCUT2D eigenvalue weighted by Crippen LogP contribution is 2.24. The third-order valence-electron chi connectivity index (χ3n) is 5.67. The van der Waals surface area contributed by atoms with Crippen LogP contribution in [0.2, 0.25) is 0 Å². The number of hydrogen-bond acceptors (Lipinski definition) is 5. The lowest BCUT2D eigenvalue weighted by Crippen LogP contribution is -2.41. The largest absolute Gasteiger partial charge is 0.469 e. The van der Waals surface area contributed by atoms with Gasteiger partial charge in [-0.2, -0.15) is 0 Å². The molecule has 158 valence electrons. The Balaban J connectivity index is 0.00000280. The maximum absolute atomic E-state index is 11.9. The van der Waals surface area contributed by atoms with Crippen molar-refractivity contribution in [3.63, 3.8) is 0 Å². The van der Waals surface area contributed by atoms with Gasteiger partial charge in [-0.15, -0.1) is 34.2 Å². The molecule has 1 fully saturated rings. The van der Waals surface area contributed by atoms with Gasteiger partial charge in [0.1, 0.15) is 11.6 Å². The van der Waals surface area contributed by atoms with Gasteiger partial charge in [-0.25, -0.2) is 0 Å². The number of carbonyl (C=O) groups excluding carboxylic acids is 1. The Bertz CT molecular complexity index is 677. The van der Waals surface area contributed by atoms with Crippen LogP contribution in [0.1, 0.15) is 44.3 Å². The Morgan fingerprint density at radius 3 is 2.86 bits per heavy atom. The van der Waals surface area contributed by atoms with Gasteiger partial charge in [-0.3, -0.25) is 9.79 Å². The minimum atomic E-state index is -0.132. The molecular weight excluding hydrogens is 471 g/mol. The van der Waals surface area contributed by atoms with E-state index in [-0.39, 0.29) is 41.8 Å². The average molecular weight is 504 g/mol. The predicted octanol–water partition coefficient (Wildman–Crippen LogP) is 1.87. The summed E-state index contributed by atoms with van der Waals surface area (Å²) in [6.07, 6.45) is 6.65. The van der Waals surface area contributed by atoms with Crippen molar-refractivity contribution in [3.8, 4) is 0 Å². The Morgan fingerprint density at radius 1 is 1.29 bits per heavy atom. The smallest absolute Gasteiger partial charge is 0.310 e. The van der Waals surface area contributed by atoms with Gasteiger partial charge in [0.05, 0.1) is 13.0 Å². The number of aryl methyl sites for hydroxylation is 2. The summed E-state index contributed by atoms with van der Waals surface area (Å²) >= 11 is 0. The number of fused-ring (bicyclic) bond motifs is 1. The fraction of sp³-hybridized carbons (Fsp3) is 0.789. The van der Waals surface area contributed by atoms with Crippen molar-refractivity contribution in [2.45, 2.75) is 52.0 Å². The van der Waals surface area contributed by atoms with Gasteiger partial charge >= 0.3 is 5.97 Å². The number of hydrogen-bond donors (Lipinski definition) is 1. The zero-order chi connectivity index (χ0) is 19.2. The summed E-state index contributed by atoms with van der Waals surface area (Å²) in [5.74, 6) is 3.15. The van der Waals surface area contributed by atoms with Crippen molar-refractivity contribution in [2.75, 3.05) is 33.8 Å². The quantitative estimate of drug-likeness (QED) is 0.217. The number of carbonyl (C=O) groups is 1. The second-order valence-corrected chi connectivity index (χ2v) is 7.58. The maximum atomic E-state index is 11.9. The molecule has 1 N–H and O–H groups in total. The van der Waals surface area contributed by atoms with Crippen molar-refractivity contribution in [1.82, 2.24) is 25.0 Å². The van der Waals surface area contributed by atoms with Crippen molar-refractivity contribution >= 4 is 35.9 Å². The normalized spacial score (nSPS) is 22.2. The second-order valence-electron chi connectivity index (χ2n) is 7.58. The summed E-state index contributed by atoms with van der Waals surface area (Å²) in [6.45, 7) is 5.43. The first-order valence-electron chi connectivity index (χ1n) is 10.1. The van der Waals surface area contributed by atoms with Gasteiger partial charge in [0, 0.05) is 46.1 Å². The van der Waals surface area contributed by atoms with Crippen LogP contribution < -0.4 is 5.32 Å². The van der Waals surface area contributed by atoms with Gasteiger partial charge < -0.3 is 19.5 Å². The van der Waals surface area contributed by atoms with E-state index < -0.39 is 0 Å². The van der Waals surface area contributed by atoms with Crippen LogP contribution in [0.15, 0.2) is 4.99 Å². The number of aliphatic imine (C=N–C) groups is 1. The lowest BCUT2D eigenvalue weighted by atomic mass is 9.99. The molecule has 0 aromatic carbocycles. The number of methoxy groups -OCH3 is 1. The van der Waals surface area contributed by atoms with Crippen LogP contribution in [0.25, 0.3) is 0 Å². The number of likely N-dealkylation sites (tertiary alicyclic amines) is 1. The molecule has 3 heterocycles. The molecule has 1 saturated heterocycles. The van der Waals surface area contributed by atoms with E-state index in [9.17, 15) is 4.79 Å². The van der Waals surface area contributed by atoms with Gasteiger partial charge in [0.25, 0.3) is 0 Å². The summed E-state index contributed by atoms with van der Waals surface area (Å²) in [4.78, 5) is 18.4. The molecule has 8 nitrogen and oxygen atoms in total. The summed E-state index contributed by atoms with van der Waals surface area (Å²) in [5.41, 5.74) is 0. The van der Waals surface area contributed by atoms with Gasteiger partial charge in [0.15, 0.2) is 5.96 Å². The molecule has 2 aliphatic rings. The van der Waals surface area contributed by atoms with E-state index in [1.807, 2.05) is 0 Å². The van der Waals surface area contributed by atoms with E-state index in [0.717, 1.165) is 56.5 Å². The van der Waals surface area contributed by atoms with Gasteiger partial charge in [-0.05, 0) is 25.2 Å². The topological polar surface area (TPSA) is 84.6 Å². The number of rotatable bonds is 5. The number of ether oxygens (including phenoxy) is 1. The highest BCUT2D eigenvalue weighted by molar-refractivity contribution is 14.0. The first kappa shape index (κ1) is 22.9. The summed E-state index contributed by atoms with van der Waals surface area (Å²) in [6, 6.07) is 0. The Morgan fingerprint density at radius 2 is 2.11 bits per heavy atom. The first-order valence-corrected chi connectivity index (χ1v) is 10.1. The minimum Gasteiger partial charge on any atom is -0.469 e. The van der Waals surface area contributed by atoms with Crippen LogP contribution in [0.5, 0.6) is 0 Å². The van der Waals surface area contributed by atoms with E-state index >= 15 is 0 Å². The number of esters is 1. The number of nitrogens with one attached hydrogen (secondary N) is 1. The third kappa shape index (κ3) is 5.36. The molecule has 2 aliphatic heterocycles. The average Bonchev–Trinajstić information content (AvgIpc) is 3.16. The molecule has 0 saturated carbocycles. The summed E-state index contributed by atoms with van der Waals surface area (Å²) in [7, 11) is 3.24. The van der Waals surface area contributed by atoms with Crippen molar-refractivity contribution in [1.29, 1.82) is 0 Å². The van der Waals surface area contributed by atoms with Crippen molar-refractivity contribution in [2.24, 2.45) is 16.8 Å². The third-order valence-corrected chi connectivity index (χ3v) is 5.67. The van der Waals surface area contributed by atoms with Crippen LogP contribution >= 0.6 is 24.0 Å². The molecule has 1 aromatic heterocycles. The zero-order valence-electron chi connectivity index (χ0n) is 17.2. The lowest BCUT2D eigenvalue weighted by Gasteiger charge is -2.21. The Hall–Kier alpha value is -1.39. The number of aromatic nitrogens is 3. The molecule has 0 radical (unpaired) electrons. The molecule has 9 heteroatoms. The second kappa shape index (κ2) is 11.0.